The maximum Gasteiger partial charge on any atom is 0.277 e. The molecule has 0 aliphatic carbocycles. The van der Waals surface area contributed by atoms with Crippen molar-refractivity contribution in [1.29, 1.82) is 0 Å². The van der Waals surface area contributed by atoms with Gasteiger partial charge in [-0.05, 0) is 36.6 Å². The minimum atomic E-state index is -0.364. The van der Waals surface area contributed by atoms with Crippen LogP contribution in [0.4, 0.5) is 0 Å². The van der Waals surface area contributed by atoms with Crippen LogP contribution in [0.3, 0.4) is 0 Å². The quantitative estimate of drug-likeness (QED) is 0.660. The molecule has 0 saturated carbocycles. The fourth-order valence-corrected chi connectivity index (χ4v) is 2.59. The van der Waals surface area contributed by atoms with Crippen LogP contribution in [-0.4, -0.2) is 18.2 Å². The van der Waals surface area contributed by atoms with Crippen LogP contribution in [0, 0.1) is 0 Å². The van der Waals surface area contributed by atoms with E-state index in [9.17, 15) is 4.79 Å². The van der Waals surface area contributed by atoms with Gasteiger partial charge in [0, 0.05) is 9.90 Å². The molecule has 0 radical (unpaired) electrons. The van der Waals surface area contributed by atoms with Gasteiger partial charge >= 0.3 is 0 Å². The monoisotopic (exact) mass is 342 g/mol. The molecule has 7 heteroatoms. The summed E-state index contributed by atoms with van der Waals surface area (Å²) >= 11 is 13.3. The molecule has 0 atom stereocenters. The van der Waals surface area contributed by atoms with E-state index in [-0.39, 0.29) is 12.5 Å². The Kier molecular flexibility index (Phi) is 5.61. The summed E-state index contributed by atoms with van der Waals surface area (Å²) < 4.78 is 5.31. The molecule has 0 bridgehead atoms. The minimum Gasteiger partial charge on any atom is -0.482 e. The normalized spacial score (nSPS) is 11.3. The number of nitrogens with zero attached hydrogens (tertiary/aromatic N) is 1. The second-order valence-electron chi connectivity index (χ2n) is 4.07. The molecular formula is C14H12Cl2N2O2S. The zero-order valence-electron chi connectivity index (χ0n) is 11.1. The number of amides is 1. The van der Waals surface area contributed by atoms with E-state index in [1.54, 1.807) is 29.5 Å². The van der Waals surface area contributed by atoms with Gasteiger partial charge in [0.15, 0.2) is 6.61 Å². The number of nitrogens with one attached hydrogen (secondary N) is 1. The highest BCUT2D eigenvalue weighted by Gasteiger charge is 2.06. The molecule has 0 fully saturated rings. The highest BCUT2D eigenvalue weighted by atomic mass is 35.5. The first-order chi connectivity index (χ1) is 10.1. The van der Waals surface area contributed by atoms with Crippen molar-refractivity contribution >= 4 is 46.2 Å². The molecule has 1 aromatic carbocycles. The number of carbonyl (C=O) groups is 1. The minimum absolute atomic E-state index is 0.178. The molecule has 1 N–H and O–H groups in total. The Hall–Kier alpha value is -1.56. The van der Waals surface area contributed by atoms with Gasteiger partial charge in [-0.3, -0.25) is 4.79 Å². The summed E-state index contributed by atoms with van der Waals surface area (Å²) in [6, 6.07) is 8.65. The average molecular weight is 343 g/mol. The molecule has 2 rings (SSSR count). The summed E-state index contributed by atoms with van der Waals surface area (Å²) in [7, 11) is 0. The lowest BCUT2D eigenvalue weighted by Crippen LogP contribution is -2.25. The van der Waals surface area contributed by atoms with Gasteiger partial charge in [-0.1, -0.05) is 29.3 Å². The number of rotatable bonds is 5. The molecule has 2 aromatic rings. The summed E-state index contributed by atoms with van der Waals surface area (Å²) in [5, 5.41) is 6.82. The third-order valence-electron chi connectivity index (χ3n) is 2.48. The number of halogens is 2. The molecule has 0 aliphatic rings. The zero-order valence-corrected chi connectivity index (χ0v) is 13.4. The Morgan fingerprint density at radius 2 is 2.19 bits per heavy atom. The maximum absolute atomic E-state index is 11.7. The van der Waals surface area contributed by atoms with Crippen molar-refractivity contribution in [3.05, 3.63) is 50.6 Å². The standard InChI is InChI=1S/C14H12Cl2N2O2S/c1-9(13-3-2-6-21-13)17-18-14(19)8-20-12-5-4-10(15)7-11(12)16/h2-7H,8H2,1H3,(H,18,19)/b17-9+. The average Bonchev–Trinajstić information content (AvgIpc) is 2.98. The number of thiophene rings is 1. The van der Waals surface area contributed by atoms with Crippen molar-refractivity contribution in [2.24, 2.45) is 5.10 Å². The molecule has 0 spiro atoms. The first kappa shape index (κ1) is 15.8. The fourth-order valence-electron chi connectivity index (χ4n) is 1.45. The number of ether oxygens (including phenoxy) is 1. The van der Waals surface area contributed by atoms with Gasteiger partial charge in [0.05, 0.1) is 10.7 Å². The Labute approximate surface area is 136 Å². The van der Waals surface area contributed by atoms with Crippen molar-refractivity contribution in [3.8, 4) is 5.75 Å². The van der Waals surface area contributed by atoms with Crippen molar-refractivity contribution in [1.82, 2.24) is 5.43 Å². The molecular weight excluding hydrogens is 331 g/mol. The molecule has 4 nitrogen and oxygen atoms in total. The molecule has 0 unspecified atom stereocenters. The van der Waals surface area contributed by atoms with E-state index in [0.717, 1.165) is 10.6 Å². The molecule has 110 valence electrons. The van der Waals surface area contributed by atoms with Gasteiger partial charge in [0.1, 0.15) is 5.75 Å². The predicted molar refractivity (Wildman–Crippen MR) is 86.6 cm³/mol. The van der Waals surface area contributed by atoms with E-state index in [2.05, 4.69) is 10.5 Å². The fraction of sp³-hybridized carbons (Fsp3) is 0.143. The van der Waals surface area contributed by atoms with Crippen LogP contribution in [0.1, 0.15) is 11.8 Å². The summed E-state index contributed by atoms with van der Waals surface area (Å²) in [5.74, 6) is 0.0343. The van der Waals surface area contributed by atoms with E-state index >= 15 is 0 Å². The van der Waals surface area contributed by atoms with E-state index in [0.29, 0.717) is 15.8 Å². The number of hydrogen-bond donors (Lipinski definition) is 1. The topological polar surface area (TPSA) is 50.7 Å². The van der Waals surface area contributed by atoms with Gasteiger partial charge in [-0.25, -0.2) is 5.43 Å². The van der Waals surface area contributed by atoms with Gasteiger partial charge in [0.2, 0.25) is 0 Å². The van der Waals surface area contributed by atoms with Crippen LogP contribution in [0.25, 0.3) is 0 Å². The number of hydrazone groups is 1. The largest absolute Gasteiger partial charge is 0.482 e. The van der Waals surface area contributed by atoms with Crippen LogP contribution in [-0.2, 0) is 4.79 Å². The Morgan fingerprint density at radius 1 is 1.38 bits per heavy atom. The Bertz CT molecular complexity index is 657. The summed E-state index contributed by atoms with van der Waals surface area (Å²) in [6.07, 6.45) is 0. The number of hydrogen-bond acceptors (Lipinski definition) is 4. The van der Waals surface area contributed by atoms with E-state index in [1.807, 2.05) is 24.4 Å². The summed E-state index contributed by atoms with van der Waals surface area (Å²) in [4.78, 5) is 12.7. The molecule has 0 aliphatic heterocycles. The van der Waals surface area contributed by atoms with Gasteiger partial charge in [-0.15, -0.1) is 11.3 Å². The maximum atomic E-state index is 11.7. The van der Waals surface area contributed by atoms with Gasteiger partial charge < -0.3 is 4.74 Å². The van der Waals surface area contributed by atoms with Crippen LogP contribution in [0.15, 0.2) is 40.8 Å². The Morgan fingerprint density at radius 3 is 2.86 bits per heavy atom. The Balaban J connectivity index is 1.86. The van der Waals surface area contributed by atoms with Crippen molar-refractivity contribution in [3.63, 3.8) is 0 Å². The van der Waals surface area contributed by atoms with E-state index in [1.165, 1.54) is 0 Å². The molecule has 1 heterocycles. The molecule has 1 amide bonds. The zero-order chi connectivity index (χ0) is 15.2. The third kappa shape index (κ3) is 4.74. The predicted octanol–water partition coefficient (Wildman–Crippen LogP) is 3.97. The van der Waals surface area contributed by atoms with Gasteiger partial charge in [-0.2, -0.15) is 5.10 Å². The highest BCUT2D eigenvalue weighted by molar-refractivity contribution is 7.12. The molecule has 21 heavy (non-hydrogen) atoms. The first-order valence-electron chi connectivity index (χ1n) is 6.01. The second-order valence-corrected chi connectivity index (χ2v) is 5.86. The van der Waals surface area contributed by atoms with Crippen molar-refractivity contribution in [2.75, 3.05) is 6.61 Å². The lowest BCUT2D eigenvalue weighted by Gasteiger charge is -2.07. The number of carbonyl (C=O) groups excluding carboxylic acids is 1. The number of benzene rings is 1. The summed E-state index contributed by atoms with van der Waals surface area (Å²) in [6.45, 7) is 1.64. The van der Waals surface area contributed by atoms with Crippen molar-refractivity contribution < 1.29 is 9.53 Å². The van der Waals surface area contributed by atoms with Crippen LogP contribution in [0.2, 0.25) is 10.0 Å². The van der Waals surface area contributed by atoms with E-state index < -0.39 is 0 Å². The lowest BCUT2D eigenvalue weighted by atomic mass is 10.3. The van der Waals surface area contributed by atoms with Crippen molar-refractivity contribution in [2.45, 2.75) is 6.92 Å². The van der Waals surface area contributed by atoms with E-state index in [4.69, 9.17) is 27.9 Å². The van der Waals surface area contributed by atoms with Crippen LogP contribution >= 0.6 is 34.5 Å². The highest BCUT2D eigenvalue weighted by Crippen LogP contribution is 2.27. The van der Waals surface area contributed by atoms with Crippen LogP contribution < -0.4 is 10.2 Å². The third-order valence-corrected chi connectivity index (χ3v) is 3.99. The first-order valence-corrected chi connectivity index (χ1v) is 7.64. The SMILES string of the molecule is C/C(=N\NC(=O)COc1ccc(Cl)cc1Cl)c1cccs1. The smallest absolute Gasteiger partial charge is 0.277 e. The summed E-state index contributed by atoms with van der Waals surface area (Å²) in [5.41, 5.74) is 3.17. The lowest BCUT2D eigenvalue weighted by molar-refractivity contribution is -0.123. The van der Waals surface area contributed by atoms with Gasteiger partial charge in [0.25, 0.3) is 5.91 Å². The molecule has 0 saturated heterocycles. The second kappa shape index (κ2) is 7.45. The molecule has 1 aromatic heterocycles. The van der Waals surface area contributed by atoms with Crippen LogP contribution in [0.5, 0.6) is 5.75 Å².